The van der Waals surface area contributed by atoms with Gasteiger partial charge in [0, 0.05) is 16.5 Å². The smallest absolute Gasteiger partial charge is 0.200 e. The molecular weight excluding hydrogens is 284 g/mol. The number of fused-ring (bicyclic) bond motifs is 1. The van der Waals surface area contributed by atoms with Crippen molar-refractivity contribution in [2.45, 2.75) is 18.7 Å². The summed E-state index contributed by atoms with van der Waals surface area (Å²) in [7, 11) is -3.33. The van der Waals surface area contributed by atoms with Crippen molar-refractivity contribution in [2.24, 2.45) is 0 Å². The van der Waals surface area contributed by atoms with Gasteiger partial charge in [-0.3, -0.25) is 0 Å². The van der Waals surface area contributed by atoms with Gasteiger partial charge in [0.05, 0.1) is 4.90 Å². The fourth-order valence-corrected chi connectivity index (χ4v) is 4.11. The Bertz CT molecular complexity index is 833. The summed E-state index contributed by atoms with van der Waals surface area (Å²) in [5, 5.41) is 1.32. The van der Waals surface area contributed by atoms with Crippen LogP contribution in [0.3, 0.4) is 0 Å². The zero-order valence-electron chi connectivity index (χ0n) is 12.0. The molecule has 0 spiro atoms. The molecule has 0 fully saturated rings. The molecular formula is C17H16O3S. The minimum absolute atomic E-state index is 0.252. The maximum atomic E-state index is 12.2. The van der Waals surface area contributed by atoms with E-state index in [9.17, 15) is 8.42 Å². The molecule has 2 aromatic carbocycles. The van der Waals surface area contributed by atoms with Crippen molar-refractivity contribution in [3.8, 4) is 5.75 Å². The van der Waals surface area contributed by atoms with Crippen LogP contribution in [0.5, 0.6) is 5.75 Å². The Morgan fingerprint density at radius 3 is 2.43 bits per heavy atom. The summed E-state index contributed by atoms with van der Waals surface area (Å²) in [6, 6.07) is 13.0. The van der Waals surface area contributed by atoms with E-state index in [1.54, 1.807) is 12.1 Å². The second-order valence-corrected chi connectivity index (χ2v) is 6.96. The Labute approximate surface area is 124 Å². The van der Waals surface area contributed by atoms with E-state index in [4.69, 9.17) is 4.74 Å². The molecule has 3 nitrogen and oxygen atoms in total. The van der Waals surface area contributed by atoms with Crippen LogP contribution in [0.4, 0.5) is 0 Å². The molecule has 0 bridgehead atoms. The maximum absolute atomic E-state index is 12.2. The van der Waals surface area contributed by atoms with E-state index >= 15 is 0 Å². The molecule has 0 aliphatic carbocycles. The van der Waals surface area contributed by atoms with Gasteiger partial charge in [-0.05, 0) is 37.1 Å². The van der Waals surface area contributed by atoms with Gasteiger partial charge in [-0.2, -0.15) is 0 Å². The van der Waals surface area contributed by atoms with Crippen LogP contribution < -0.4 is 4.74 Å². The van der Waals surface area contributed by atoms with Crippen molar-refractivity contribution >= 4 is 15.4 Å². The first-order chi connectivity index (χ1) is 9.99. The quantitative estimate of drug-likeness (QED) is 0.871. The zero-order chi connectivity index (χ0) is 15.0. The topological polar surface area (TPSA) is 43.4 Å². The van der Waals surface area contributed by atoms with E-state index < -0.39 is 9.84 Å². The van der Waals surface area contributed by atoms with Gasteiger partial charge >= 0.3 is 0 Å². The SMILES string of the molecule is Cc1ccccc1OCC1=CS(=O)(=O)c2cccc(C)c21. The highest BCUT2D eigenvalue weighted by atomic mass is 32.2. The van der Waals surface area contributed by atoms with Crippen molar-refractivity contribution in [2.75, 3.05) is 6.61 Å². The Kier molecular flexibility index (Phi) is 3.33. The van der Waals surface area contributed by atoms with E-state index in [0.717, 1.165) is 22.4 Å². The zero-order valence-corrected chi connectivity index (χ0v) is 12.8. The molecule has 108 valence electrons. The van der Waals surface area contributed by atoms with E-state index in [1.807, 2.05) is 44.2 Å². The van der Waals surface area contributed by atoms with Gasteiger partial charge in [0.25, 0.3) is 0 Å². The van der Waals surface area contributed by atoms with Crippen LogP contribution in [-0.2, 0) is 9.84 Å². The lowest BCUT2D eigenvalue weighted by atomic mass is 10.0. The first kappa shape index (κ1) is 13.9. The Hall–Kier alpha value is -2.07. The van der Waals surface area contributed by atoms with Gasteiger partial charge in [-0.1, -0.05) is 30.3 Å². The third kappa shape index (κ3) is 2.47. The molecule has 0 atom stereocenters. The molecule has 0 saturated carbocycles. The van der Waals surface area contributed by atoms with Crippen molar-refractivity contribution in [3.05, 3.63) is 64.6 Å². The minimum Gasteiger partial charge on any atom is -0.489 e. The Morgan fingerprint density at radius 2 is 1.67 bits per heavy atom. The molecule has 0 saturated heterocycles. The molecule has 2 aromatic rings. The lowest BCUT2D eigenvalue weighted by molar-refractivity contribution is 0.367. The fourth-order valence-electron chi connectivity index (χ4n) is 2.58. The molecule has 4 heteroatoms. The molecule has 3 rings (SSSR count). The molecule has 0 N–H and O–H groups in total. The summed E-state index contributed by atoms with van der Waals surface area (Å²) in [6.45, 7) is 4.14. The van der Waals surface area contributed by atoms with Gasteiger partial charge in [-0.25, -0.2) is 8.42 Å². The molecule has 0 amide bonds. The van der Waals surface area contributed by atoms with Crippen molar-refractivity contribution in [3.63, 3.8) is 0 Å². The highest BCUT2D eigenvalue weighted by Gasteiger charge is 2.28. The standard InChI is InChI=1S/C17H16O3S/c1-12-6-3-4-8-15(12)20-10-14-11-21(18,19)16-9-5-7-13(2)17(14)16/h3-9,11H,10H2,1-2H3. The second-order valence-electron chi connectivity index (χ2n) is 5.19. The number of aryl methyl sites for hydroxylation is 2. The summed E-state index contributed by atoms with van der Waals surface area (Å²) in [5.41, 5.74) is 3.48. The first-order valence-corrected chi connectivity index (χ1v) is 8.28. The number of hydrogen-bond donors (Lipinski definition) is 0. The fraction of sp³-hybridized carbons (Fsp3) is 0.176. The molecule has 0 aromatic heterocycles. The van der Waals surface area contributed by atoms with E-state index in [1.165, 1.54) is 5.41 Å². The summed E-state index contributed by atoms with van der Waals surface area (Å²) in [5.74, 6) is 0.776. The Balaban J connectivity index is 1.94. The number of sulfone groups is 1. The maximum Gasteiger partial charge on any atom is 0.200 e. The van der Waals surface area contributed by atoms with Gasteiger partial charge < -0.3 is 4.74 Å². The van der Waals surface area contributed by atoms with E-state index in [-0.39, 0.29) is 6.61 Å². The van der Waals surface area contributed by atoms with Crippen LogP contribution in [0.15, 0.2) is 52.8 Å². The third-order valence-electron chi connectivity index (χ3n) is 3.64. The molecule has 21 heavy (non-hydrogen) atoms. The molecule has 0 radical (unpaired) electrons. The second kappa shape index (κ2) is 5.04. The predicted octanol–water partition coefficient (Wildman–Crippen LogP) is 3.51. The normalized spacial score (nSPS) is 15.4. The number of para-hydroxylation sites is 1. The summed E-state index contributed by atoms with van der Waals surface area (Å²) >= 11 is 0. The monoisotopic (exact) mass is 300 g/mol. The van der Waals surface area contributed by atoms with Gasteiger partial charge in [0.1, 0.15) is 12.4 Å². The number of rotatable bonds is 3. The van der Waals surface area contributed by atoms with E-state index in [0.29, 0.717) is 10.5 Å². The minimum atomic E-state index is -3.33. The summed E-state index contributed by atoms with van der Waals surface area (Å²) in [4.78, 5) is 0.380. The van der Waals surface area contributed by atoms with Crippen molar-refractivity contribution in [1.29, 1.82) is 0 Å². The largest absolute Gasteiger partial charge is 0.489 e. The van der Waals surface area contributed by atoms with Crippen LogP contribution in [0.1, 0.15) is 16.7 Å². The van der Waals surface area contributed by atoms with Gasteiger partial charge in [0.2, 0.25) is 9.84 Å². The van der Waals surface area contributed by atoms with Crippen molar-refractivity contribution < 1.29 is 13.2 Å². The molecule has 1 heterocycles. The molecule has 1 aliphatic rings. The van der Waals surface area contributed by atoms with Gasteiger partial charge in [0.15, 0.2) is 0 Å². The van der Waals surface area contributed by atoms with E-state index in [2.05, 4.69) is 0 Å². The van der Waals surface area contributed by atoms with Crippen LogP contribution in [0, 0.1) is 13.8 Å². The molecule has 1 aliphatic heterocycles. The van der Waals surface area contributed by atoms with Crippen LogP contribution in [-0.4, -0.2) is 15.0 Å². The average Bonchev–Trinajstić information content (AvgIpc) is 2.71. The van der Waals surface area contributed by atoms with Crippen LogP contribution >= 0.6 is 0 Å². The van der Waals surface area contributed by atoms with Crippen LogP contribution in [0.2, 0.25) is 0 Å². The predicted molar refractivity (Wildman–Crippen MR) is 83.0 cm³/mol. The van der Waals surface area contributed by atoms with Crippen LogP contribution in [0.25, 0.3) is 5.57 Å². The highest BCUT2D eigenvalue weighted by Crippen LogP contribution is 2.36. The summed E-state index contributed by atoms with van der Waals surface area (Å²) < 4.78 is 30.1. The number of benzene rings is 2. The average molecular weight is 300 g/mol. The van der Waals surface area contributed by atoms with Gasteiger partial charge in [-0.15, -0.1) is 0 Å². The molecule has 0 unspecified atom stereocenters. The lowest BCUT2D eigenvalue weighted by Gasteiger charge is -2.11. The Morgan fingerprint density at radius 1 is 0.952 bits per heavy atom. The number of ether oxygens (including phenoxy) is 1. The van der Waals surface area contributed by atoms with Crippen molar-refractivity contribution in [1.82, 2.24) is 0 Å². The third-order valence-corrected chi connectivity index (χ3v) is 5.18. The first-order valence-electron chi connectivity index (χ1n) is 6.73. The highest BCUT2D eigenvalue weighted by molar-refractivity contribution is 7.95. The lowest BCUT2D eigenvalue weighted by Crippen LogP contribution is -2.02. The number of hydrogen-bond acceptors (Lipinski definition) is 3. The summed E-state index contributed by atoms with van der Waals surface area (Å²) in [6.07, 6.45) is 0.